The van der Waals surface area contributed by atoms with Crippen molar-refractivity contribution in [2.24, 2.45) is 0 Å². The van der Waals surface area contributed by atoms with E-state index in [1.165, 1.54) is 6.42 Å². The second-order valence-corrected chi connectivity index (χ2v) is 10.3. The molecule has 5 heteroatoms. The van der Waals surface area contributed by atoms with Gasteiger partial charge >= 0.3 is 120 Å². The molecule has 0 bridgehead atoms. The van der Waals surface area contributed by atoms with Gasteiger partial charge in [-0.2, -0.15) is 0 Å². The molecule has 0 amide bonds. The van der Waals surface area contributed by atoms with E-state index < -0.39 is 10.0 Å². The Morgan fingerprint density at radius 2 is 1.89 bits per heavy atom. The summed E-state index contributed by atoms with van der Waals surface area (Å²) >= 11 is 0.364. The number of halogens is 1. The standard InChI is InChI=1S/C13H19INO2S/c1-3-12-13(14-12)8-9-15-18(16,17)11-6-4-10(2)5-7-11/h4-7,12-13,15H,3,8-9H2,1-2H3/q-1/t12-,13-/m1/s1. The Kier molecular flexibility index (Phi) is 4.66. The molecule has 2 rings (SSSR count). The van der Waals surface area contributed by atoms with Gasteiger partial charge in [0.15, 0.2) is 0 Å². The molecule has 0 radical (unpaired) electrons. The first-order valence-electron chi connectivity index (χ1n) is 6.21. The van der Waals surface area contributed by atoms with Crippen LogP contribution in [0.4, 0.5) is 0 Å². The molecule has 1 aliphatic heterocycles. The Bertz CT molecular complexity index is 498. The van der Waals surface area contributed by atoms with E-state index in [-0.39, 0.29) is 0 Å². The van der Waals surface area contributed by atoms with Crippen molar-refractivity contribution in [3.63, 3.8) is 0 Å². The van der Waals surface area contributed by atoms with Gasteiger partial charge in [0, 0.05) is 0 Å². The number of sulfonamides is 1. The van der Waals surface area contributed by atoms with Gasteiger partial charge in [-0.05, 0) is 0 Å². The molecule has 1 aromatic carbocycles. The summed E-state index contributed by atoms with van der Waals surface area (Å²) in [6.07, 6.45) is 2.28. The molecule has 3 nitrogen and oxygen atoms in total. The monoisotopic (exact) mass is 380 g/mol. The van der Waals surface area contributed by atoms with E-state index in [0.29, 0.717) is 32.6 Å². The van der Waals surface area contributed by atoms with Crippen molar-refractivity contribution in [2.45, 2.75) is 39.4 Å². The van der Waals surface area contributed by atoms with Crippen molar-refractivity contribution in [3.8, 4) is 0 Å². The maximum absolute atomic E-state index is 12.0. The van der Waals surface area contributed by atoms with Gasteiger partial charge in [-0.15, -0.1) is 0 Å². The molecule has 102 valence electrons. The van der Waals surface area contributed by atoms with Gasteiger partial charge < -0.3 is 0 Å². The Hall–Kier alpha value is -0.140. The summed E-state index contributed by atoms with van der Waals surface area (Å²) < 4.78 is 28.5. The van der Waals surface area contributed by atoms with E-state index in [0.717, 1.165) is 19.8 Å². The van der Waals surface area contributed by atoms with Gasteiger partial charge in [0.2, 0.25) is 0 Å². The van der Waals surface area contributed by atoms with Crippen LogP contribution >= 0.6 is 0 Å². The average molecular weight is 380 g/mol. The summed E-state index contributed by atoms with van der Waals surface area (Å²) in [6, 6.07) is 6.98. The number of aryl methyl sites for hydroxylation is 1. The Morgan fingerprint density at radius 1 is 1.22 bits per heavy atom. The normalized spacial score (nSPS) is 23.4. The molecule has 0 unspecified atom stereocenters. The van der Waals surface area contributed by atoms with Crippen molar-refractivity contribution in [2.75, 3.05) is 6.54 Å². The molecule has 0 aliphatic carbocycles. The van der Waals surface area contributed by atoms with Crippen LogP contribution in [-0.2, 0) is 10.0 Å². The molecule has 0 saturated carbocycles. The van der Waals surface area contributed by atoms with Gasteiger partial charge in [-0.25, -0.2) is 0 Å². The minimum absolute atomic E-state index is 0.364. The third-order valence-electron chi connectivity index (χ3n) is 3.08. The maximum atomic E-state index is 12.0. The van der Waals surface area contributed by atoms with E-state index in [1.54, 1.807) is 12.1 Å². The molecule has 18 heavy (non-hydrogen) atoms. The van der Waals surface area contributed by atoms with Crippen LogP contribution < -0.4 is 25.9 Å². The third-order valence-corrected chi connectivity index (χ3v) is 8.82. The molecule has 1 heterocycles. The predicted molar refractivity (Wildman–Crippen MR) is 68.9 cm³/mol. The topological polar surface area (TPSA) is 46.2 Å². The number of hydrogen-bond donors (Lipinski definition) is 1. The molecule has 1 N–H and O–H groups in total. The van der Waals surface area contributed by atoms with E-state index in [4.69, 9.17) is 0 Å². The van der Waals surface area contributed by atoms with E-state index >= 15 is 0 Å². The Balaban J connectivity index is 1.86. The number of hydrogen-bond acceptors (Lipinski definition) is 2. The van der Waals surface area contributed by atoms with Crippen molar-refractivity contribution >= 4 is 10.0 Å². The summed E-state index contributed by atoms with van der Waals surface area (Å²) in [5.74, 6) is 0. The number of rotatable bonds is 6. The van der Waals surface area contributed by atoms with Crippen molar-refractivity contribution in [3.05, 3.63) is 29.8 Å². The summed E-state index contributed by atoms with van der Waals surface area (Å²) in [6.45, 7) is 4.75. The quantitative estimate of drug-likeness (QED) is 0.504. The van der Waals surface area contributed by atoms with Crippen LogP contribution in [-0.4, -0.2) is 22.8 Å². The molecule has 1 aromatic rings. The van der Waals surface area contributed by atoms with E-state index in [1.807, 2.05) is 19.1 Å². The van der Waals surface area contributed by atoms with Crippen LogP contribution in [0.25, 0.3) is 0 Å². The van der Waals surface area contributed by atoms with Crippen LogP contribution in [0.5, 0.6) is 0 Å². The Labute approximate surface area is 120 Å². The van der Waals surface area contributed by atoms with Gasteiger partial charge in [0.1, 0.15) is 0 Å². The third kappa shape index (κ3) is 3.68. The molecule has 0 aromatic heterocycles. The molecular weight excluding hydrogens is 361 g/mol. The van der Waals surface area contributed by atoms with Crippen LogP contribution in [0, 0.1) is 6.92 Å². The van der Waals surface area contributed by atoms with Crippen LogP contribution in [0.2, 0.25) is 0 Å². The van der Waals surface area contributed by atoms with Crippen molar-refractivity contribution < 1.29 is 29.6 Å². The number of nitrogens with one attached hydrogen (secondary N) is 1. The first-order chi connectivity index (χ1) is 8.53. The summed E-state index contributed by atoms with van der Waals surface area (Å²) in [5.41, 5.74) is 1.07. The second kappa shape index (κ2) is 5.88. The summed E-state index contributed by atoms with van der Waals surface area (Å²) in [5, 5.41) is 0. The first kappa shape index (κ1) is 14.3. The fraction of sp³-hybridized carbons (Fsp3) is 0.538. The second-order valence-electron chi connectivity index (χ2n) is 4.57. The number of benzene rings is 1. The fourth-order valence-electron chi connectivity index (χ4n) is 1.89. The molecule has 1 saturated heterocycles. The summed E-state index contributed by atoms with van der Waals surface area (Å²) in [7, 11) is -3.31. The van der Waals surface area contributed by atoms with E-state index in [9.17, 15) is 8.42 Å². The van der Waals surface area contributed by atoms with Gasteiger partial charge in [-0.1, -0.05) is 0 Å². The van der Waals surface area contributed by atoms with Gasteiger partial charge in [0.05, 0.1) is 0 Å². The zero-order chi connectivity index (χ0) is 13.2. The van der Waals surface area contributed by atoms with Crippen LogP contribution in [0.3, 0.4) is 0 Å². The molecule has 0 spiro atoms. The molecule has 1 fully saturated rings. The summed E-state index contributed by atoms with van der Waals surface area (Å²) in [4.78, 5) is 0.366. The van der Waals surface area contributed by atoms with E-state index in [2.05, 4.69) is 11.6 Å². The molecule has 1 aliphatic rings. The molecular formula is C13H19INO2S-. The van der Waals surface area contributed by atoms with Gasteiger partial charge in [0.25, 0.3) is 0 Å². The minimum atomic E-state index is -3.31. The SMILES string of the molecule is CC[C@H]1[I-][C@@H]1CCNS(=O)(=O)c1ccc(C)cc1. The average Bonchev–Trinajstić information content (AvgIpc) is 3.08. The molecule has 2 atom stereocenters. The predicted octanol–water partition coefficient (Wildman–Crippen LogP) is -1.09. The first-order valence-corrected chi connectivity index (χ1v) is 10.2. The Morgan fingerprint density at radius 3 is 2.44 bits per heavy atom. The fourth-order valence-corrected chi connectivity index (χ4v) is 5.93. The van der Waals surface area contributed by atoms with Crippen LogP contribution in [0.15, 0.2) is 29.2 Å². The number of alkyl halides is 2. The van der Waals surface area contributed by atoms with Crippen molar-refractivity contribution in [1.29, 1.82) is 0 Å². The van der Waals surface area contributed by atoms with Gasteiger partial charge in [-0.3, -0.25) is 0 Å². The van der Waals surface area contributed by atoms with Crippen molar-refractivity contribution in [1.82, 2.24) is 4.72 Å². The zero-order valence-corrected chi connectivity index (χ0v) is 13.7. The zero-order valence-electron chi connectivity index (χ0n) is 10.7. The van der Waals surface area contributed by atoms with Crippen LogP contribution in [0.1, 0.15) is 25.3 Å².